The third-order valence-electron chi connectivity index (χ3n) is 3.30. The van der Waals surface area contributed by atoms with Crippen LogP contribution in [0, 0.1) is 0 Å². The molecule has 0 saturated carbocycles. The highest BCUT2D eigenvalue weighted by atomic mass is 79.9. The van der Waals surface area contributed by atoms with Crippen molar-refractivity contribution in [2.75, 3.05) is 13.2 Å². The summed E-state index contributed by atoms with van der Waals surface area (Å²) < 4.78 is 12.6. The molecule has 0 radical (unpaired) electrons. The monoisotopic (exact) mass is 313 g/mol. The largest absolute Gasteiger partial charge is 0.379 e. The number of benzene rings is 1. The van der Waals surface area contributed by atoms with Gasteiger partial charge in [0.15, 0.2) is 0 Å². The smallest absolute Gasteiger partial charge is 0.0991 e. The summed E-state index contributed by atoms with van der Waals surface area (Å²) in [5.41, 5.74) is 7.33. The van der Waals surface area contributed by atoms with Crippen LogP contribution >= 0.6 is 15.9 Å². The molecular weight excluding hydrogens is 294 g/mol. The Labute approximate surface area is 117 Å². The van der Waals surface area contributed by atoms with Gasteiger partial charge in [-0.25, -0.2) is 0 Å². The zero-order chi connectivity index (χ0) is 13.0. The standard InChI is InChI=1S/C14H20BrNO2/c1-2-13(16)14(18-10-7-8-17-9-10)11-5-3-4-6-12(11)15/h3-6,10,13-14H,2,7-9,16H2,1H3. The lowest BCUT2D eigenvalue weighted by atomic mass is 10.0. The predicted octanol–water partition coefficient (Wildman–Crippen LogP) is 3.03. The number of hydrogen-bond donors (Lipinski definition) is 1. The van der Waals surface area contributed by atoms with Gasteiger partial charge < -0.3 is 15.2 Å². The van der Waals surface area contributed by atoms with Crippen LogP contribution in [0.2, 0.25) is 0 Å². The summed E-state index contributed by atoms with van der Waals surface area (Å²) in [6.07, 6.45) is 1.94. The van der Waals surface area contributed by atoms with Crippen molar-refractivity contribution in [3.63, 3.8) is 0 Å². The number of rotatable bonds is 5. The summed E-state index contributed by atoms with van der Waals surface area (Å²) in [7, 11) is 0. The van der Waals surface area contributed by atoms with E-state index < -0.39 is 0 Å². The van der Waals surface area contributed by atoms with E-state index in [-0.39, 0.29) is 18.2 Å². The number of nitrogens with two attached hydrogens (primary N) is 1. The molecular formula is C14H20BrNO2. The quantitative estimate of drug-likeness (QED) is 0.908. The van der Waals surface area contributed by atoms with E-state index in [2.05, 4.69) is 28.9 Å². The Hall–Kier alpha value is -0.420. The van der Waals surface area contributed by atoms with Gasteiger partial charge in [-0.15, -0.1) is 0 Å². The average Bonchev–Trinajstić information content (AvgIpc) is 2.89. The van der Waals surface area contributed by atoms with E-state index in [0.717, 1.165) is 29.5 Å². The first-order chi connectivity index (χ1) is 8.72. The van der Waals surface area contributed by atoms with Crippen LogP contribution < -0.4 is 5.73 Å². The topological polar surface area (TPSA) is 44.5 Å². The Morgan fingerprint density at radius 3 is 2.89 bits per heavy atom. The minimum atomic E-state index is -0.0720. The first kappa shape index (κ1) is 14.0. The van der Waals surface area contributed by atoms with Gasteiger partial charge in [0.25, 0.3) is 0 Å². The van der Waals surface area contributed by atoms with Crippen molar-refractivity contribution in [3.8, 4) is 0 Å². The fraction of sp³-hybridized carbons (Fsp3) is 0.571. The molecule has 100 valence electrons. The van der Waals surface area contributed by atoms with Gasteiger partial charge in [0.05, 0.1) is 18.8 Å². The lowest BCUT2D eigenvalue weighted by molar-refractivity contribution is -0.0304. The molecule has 3 unspecified atom stereocenters. The summed E-state index contributed by atoms with van der Waals surface area (Å²) in [5, 5.41) is 0. The molecule has 2 N–H and O–H groups in total. The van der Waals surface area contributed by atoms with Crippen LogP contribution in [0.3, 0.4) is 0 Å². The highest BCUT2D eigenvalue weighted by Crippen LogP contribution is 2.31. The van der Waals surface area contributed by atoms with Gasteiger partial charge in [0.2, 0.25) is 0 Å². The Morgan fingerprint density at radius 1 is 1.50 bits per heavy atom. The molecule has 1 heterocycles. The zero-order valence-electron chi connectivity index (χ0n) is 10.6. The molecule has 0 aliphatic carbocycles. The van der Waals surface area contributed by atoms with Crippen molar-refractivity contribution < 1.29 is 9.47 Å². The molecule has 1 aliphatic rings. The minimum Gasteiger partial charge on any atom is -0.379 e. The molecule has 0 aromatic heterocycles. The number of halogens is 1. The van der Waals surface area contributed by atoms with Gasteiger partial charge >= 0.3 is 0 Å². The van der Waals surface area contributed by atoms with Crippen LogP contribution in [0.25, 0.3) is 0 Å². The van der Waals surface area contributed by atoms with Crippen LogP contribution in [-0.2, 0) is 9.47 Å². The number of ether oxygens (including phenoxy) is 2. The van der Waals surface area contributed by atoms with E-state index >= 15 is 0 Å². The highest BCUT2D eigenvalue weighted by molar-refractivity contribution is 9.10. The van der Waals surface area contributed by atoms with E-state index in [1.165, 1.54) is 0 Å². The van der Waals surface area contributed by atoms with Crippen LogP contribution in [0.4, 0.5) is 0 Å². The fourth-order valence-electron chi connectivity index (χ4n) is 2.15. The van der Waals surface area contributed by atoms with Gasteiger partial charge in [-0.2, -0.15) is 0 Å². The number of hydrogen-bond acceptors (Lipinski definition) is 3. The van der Waals surface area contributed by atoms with Crippen molar-refractivity contribution in [2.45, 2.75) is 38.0 Å². The lowest BCUT2D eigenvalue weighted by Crippen LogP contribution is -2.32. The second-order valence-corrected chi connectivity index (χ2v) is 5.49. The second kappa shape index (κ2) is 6.66. The van der Waals surface area contributed by atoms with Crippen molar-refractivity contribution in [1.82, 2.24) is 0 Å². The molecule has 1 aromatic carbocycles. The van der Waals surface area contributed by atoms with Gasteiger partial charge in [-0.05, 0) is 24.5 Å². The van der Waals surface area contributed by atoms with E-state index in [4.69, 9.17) is 15.2 Å². The zero-order valence-corrected chi connectivity index (χ0v) is 12.2. The third-order valence-corrected chi connectivity index (χ3v) is 4.02. The van der Waals surface area contributed by atoms with Crippen LogP contribution in [0.15, 0.2) is 28.7 Å². The van der Waals surface area contributed by atoms with Crippen molar-refractivity contribution in [2.24, 2.45) is 5.73 Å². The van der Waals surface area contributed by atoms with Gasteiger partial charge in [-0.3, -0.25) is 0 Å². The molecule has 18 heavy (non-hydrogen) atoms. The Bertz CT molecular complexity index is 380. The van der Waals surface area contributed by atoms with E-state index in [1.807, 2.05) is 18.2 Å². The molecule has 0 amide bonds. The molecule has 3 nitrogen and oxygen atoms in total. The maximum Gasteiger partial charge on any atom is 0.0991 e. The predicted molar refractivity (Wildman–Crippen MR) is 75.5 cm³/mol. The van der Waals surface area contributed by atoms with Crippen molar-refractivity contribution in [3.05, 3.63) is 34.3 Å². The van der Waals surface area contributed by atoms with Gasteiger partial charge in [0.1, 0.15) is 0 Å². The van der Waals surface area contributed by atoms with Crippen molar-refractivity contribution in [1.29, 1.82) is 0 Å². The molecule has 2 rings (SSSR count). The molecule has 4 heteroatoms. The Balaban J connectivity index is 2.16. The Morgan fingerprint density at radius 2 is 2.28 bits per heavy atom. The summed E-state index contributed by atoms with van der Waals surface area (Å²) in [5.74, 6) is 0. The normalized spacial score (nSPS) is 22.9. The van der Waals surface area contributed by atoms with Crippen LogP contribution in [0.5, 0.6) is 0 Å². The average molecular weight is 314 g/mol. The van der Waals surface area contributed by atoms with Crippen LogP contribution in [-0.4, -0.2) is 25.4 Å². The maximum atomic E-state index is 6.21. The minimum absolute atomic E-state index is 0.00398. The maximum absolute atomic E-state index is 6.21. The summed E-state index contributed by atoms with van der Waals surface area (Å²) in [6, 6.07) is 8.12. The molecule has 1 aromatic rings. The SMILES string of the molecule is CCC(N)C(OC1CCOC1)c1ccccc1Br. The van der Waals surface area contributed by atoms with E-state index in [9.17, 15) is 0 Å². The first-order valence-corrected chi connectivity index (χ1v) is 7.25. The third kappa shape index (κ3) is 3.32. The molecule has 3 atom stereocenters. The van der Waals surface area contributed by atoms with E-state index in [0.29, 0.717) is 6.61 Å². The van der Waals surface area contributed by atoms with Gasteiger partial charge in [-0.1, -0.05) is 41.1 Å². The van der Waals surface area contributed by atoms with Crippen LogP contribution in [0.1, 0.15) is 31.4 Å². The summed E-state index contributed by atoms with van der Waals surface area (Å²) in [4.78, 5) is 0. The summed E-state index contributed by atoms with van der Waals surface area (Å²) >= 11 is 3.58. The fourth-order valence-corrected chi connectivity index (χ4v) is 2.66. The molecule has 1 saturated heterocycles. The van der Waals surface area contributed by atoms with E-state index in [1.54, 1.807) is 0 Å². The molecule has 0 bridgehead atoms. The molecule has 1 aliphatic heterocycles. The lowest BCUT2D eigenvalue weighted by Gasteiger charge is -2.27. The van der Waals surface area contributed by atoms with Gasteiger partial charge in [0, 0.05) is 17.1 Å². The molecule has 0 spiro atoms. The summed E-state index contributed by atoms with van der Waals surface area (Å²) in [6.45, 7) is 3.55. The highest BCUT2D eigenvalue weighted by Gasteiger charge is 2.27. The van der Waals surface area contributed by atoms with Crippen molar-refractivity contribution >= 4 is 15.9 Å². The Kier molecular flexibility index (Phi) is 5.18. The second-order valence-electron chi connectivity index (χ2n) is 4.64. The first-order valence-electron chi connectivity index (χ1n) is 6.45. The molecule has 1 fully saturated rings.